The molecular weight excluding hydrogens is 407 g/mol. The van der Waals surface area contributed by atoms with Crippen molar-refractivity contribution < 1.29 is 18.7 Å². The van der Waals surface area contributed by atoms with E-state index < -0.39 is 0 Å². The average Bonchev–Trinajstić information content (AvgIpc) is 2.83. The van der Waals surface area contributed by atoms with Gasteiger partial charge in [0, 0.05) is 5.56 Å². The topological polar surface area (TPSA) is 59.9 Å². The molecule has 4 rings (SSSR count). The van der Waals surface area contributed by atoms with Crippen LogP contribution in [0.25, 0.3) is 10.8 Å². The SMILES string of the molecule is COc1cc2ccccc2cc1C(=O)NN=Cc1cccc(OCc2ccccc2F)c1. The summed E-state index contributed by atoms with van der Waals surface area (Å²) in [6, 6.07) is 25.0. The van der Waals surface area contributed by atoms with E-state index in [9.17, 15) is 9.18 Å². The number of ether oxygens (including phenoxy) is 2. The zero-order valence-electron chi connectivity index (χ0n) is 17.4. The number of halogens is 1. The lowest BCUT2D eigenvalue weighted by atomic mass is 10.1. The number of carbonyl (C=O) groups excluding carboxylic acids is 1. The van der Waals surface area contributed by atoms with E-state index in [1.807, 2.05) is 36.4 Å². The Morgan fingerprint density at radius 1 is 0.969 bits per heavy atom. The van der Waals surface area contributed by atoms with Gasteiger partial charge in [0.25, 0.3) is 5.91 Å². The molecule has 0 radical (unpaired) electrons. The number of rotatable bonds is 7. The zero-order chi connectivity index (χ0) is 22.3. The molecule has 4 aromatic carbocycles. The molecule has 0 aliphatic carbocycles. The first-order valence-corrected chi connectivity index (χ1v) is 10.0. The van der Waals surface area contributed by atoms with Crippen LogP contribution in [0.4, 0.5) is 4.39 Å². The second kappa shape index (κ2) is 9.75. The first-order chi connectivity index (χ1) is 15.6. The van der Waals surface area contributed by atoms with E-state index in [4.69, 9.17) is 9.47 Å². The highest BCUT2D eigenvalue weighted by atomic mass is 19.1. The van der Waals surface area contributed by atoms with E-state index in [0.717, 1.165) is 16.3 Å². The smallest absolute Gasteiger partial charge is 0.275 e. The van der Waals surface area contributed by atoms with Crippen LogP contribution in [0.3, 0.4) is 0 Å². The zero-order valence-corrected chi connectivity index (χ0v) is 17.4. The molecule has 32 heavy (non-hydrogen) atoms. The van der Waals surface area contributed by atoms with Gasteiger partial charge < -0.3 is 9.47 Å². The van der Waals surface area contributed by atoms with E-state index in [1.165, 1.54) is 19.4 Å². The Hall–Kier alpha value is -4.19. The molecule has 0 aromatic heterocycles. The molecule has 0 bridgehead atoms. The average molecular weight is 428 g/mol. The largest absolute Gasteiger partial charge is 0.496 e. The fourth-order valence-electron chi connectivity index (χ4n) is 3.25. The van der Waals surface area contributed by atoms with Crippen molar-refractivity contribution in [1.82, 2.24) is 5.43 Å². The van der Waals surface area contributed by atoms with Crippen molar-refractivity contribution in [3.05, 3.63) is 107 Å². The van der Waals surface area contributed by atoms with Gasteiger partial charge in [0.2, 0.25) is 0 Å². The molecule has 1 amide bonds. The quantitative estimate of drug-likeness (QED) is 0.320. The van der Waals surface area contributed by atoms with Gasteiger partial charge in [0.15, 0.2) is 0 Å². The number of amides is 1. The summed E-state index contributed by atoms with van der Waals surface area (Å²) in [7, 11) is 1.52. The minimum Gasteiger partial charge on any atom is -0.496 e. The number of nitrogens with one attached hydrogen (secondary N) is 1. The highest BCUT2D eigenvalue weighted by Gasteiger charge is 2.13. The molecule has 0 saturated carbocycles. The predicted molar refractivity (Wildman–Crippen MR) is 123 cm³/mol. The normalized spacial score (nSPS) is 10.9. The van der Waals surface area contributed by atoms with Gasteiger partial charge in [-0.05, 0) is 46.7 Å². The molecule has 0 unspecified atom stereocenters. The van der Waals surface area contributed by atoms with Crippen molar-refractivity contribution in [1.29, 1.82) is 0 Å². The fourth-order valence-corrected chi connectivity index (χ4v) is 3.25. The van der Waals surface area contributed by atoms with E-state index in [-0.39, 0.29) is 18.3 Å². The van der Waals surface area contributed by atoms with Gasteiger partial charge in [-0.15, -0.1) is 0 Å². The monoisotopic (exact) mass is 428 g/mol. The van der Waals surface area contributed by atoms with E-state index in [0.29, 0.717) is 22.6 Å². The number of hydrogen-bond acceptors (Lipinski definition) is 4. The highest BCUT2D eigenvalue weighted by molar-refractivity contribution is 6.02. The van der Waals surface area contributed by atoms with Crippen LogP contribution in [0.15, 0.2) is 90.0 Å². The Bertz CT molecular complexity index is 1290. The van der Waals surface area contributed by atoms with Crippen molar-refractivity contribution >= 4 is 22.9 Å². The first kappa shape index (κ1) is 21.1. The van der Waals surface area contributed by atoms with E-state index >= 15 is 0 Å². The van der Waals surface area contributed by atoms with Crippen LogP contribution in [0.2, 0.25) is 0 Å². The maximum absolute atomic E-state index is 13.7. The Kier molecular flexibility index (Phi) is 6.41. The van der Waals surface area contributed by atoms with Gasteiger partial charge in [0.1, 0.15) is 23.9 Å². The van der Waals surface area contributed by atoms with Gasteiger partial charge in [-0.3, -0.25) is 4.79 Å². The third kappa shape index (κ3) is 4.92. The van der Waals surface area contributed by atoms with E-state index in [1.54, 1.807) is 42.5 Å². The Balaban J connectivity index is 1.43. The maximum atomic E-state index is 13.7. The molecule has 0 saturated heterocycles. The van der Waals surface area contributed by atoms with Crippen LogP contribution in [0.5, 0.6) is 11.5 Å². The van der Waals surface area contributed by atoms with Gasteiger partial charge >= 0.3 is 0 Å². The standard InChI is InChI=1S/C26H21FN2O3/c1-31-25-15-20-9-3-2-8-19(20)14-23(25)26(30)29-28-16-18-7-6-11-22(13-18)32-17-21-10-4-5-12-24(21)27/h2-16H,17H2,1H3,(H,29,30). The fraction of sp³-hybridized carbons (Fsp3) is 0.0769. The number of hydrogen-bond donors (Lipinski definition) is 1. The summed E-state index contributed by atoms with van der Waals surface area (Å²) in [4.78, 5) is 12.7. The minimum atomic E-state index is -0.379. The van der Waals surface area contributed by atoms with Crippen LogP contribution >= 0.6 is 0 Å². The number of benzene rings is 4. The molecule has 160 valence electrons. The molecule has 0 atom stereocenters. The molecule has 0 heterocycles. The van der Waals surface area contributed by atoms with Crippen molar-refractivity contribution in [2.75, 3.05) is 7.11 Å². The lowest BCUT2D eigenvalue weighted by molar-refractivity contribution is 0.0952. The molecule has 0 fully saturated rings. The summed E-state index contributed by atoms with van der Waals surface area (Å²) < 4.78 is 24.8. The van der Waals surface area contributed by atoms with Crippen LogP contribution in [-0.4, -0.2) is 19.2 Å². The summed E-state index contributed by atoms with van der Waals surface area (Å²) in [5, 5.41) is 5.97. The Morgan fingerprint density at radius 3 is 2.50 bits per heavy atom. The predicted octanol–water partition coefficient (Wildman–Crippen LogP) is 5.33. The number of carbonyl (C=O) groups is 1. The second-order valence-corrected chi connectivity index (χ2v) is 7.05. The highest BCUT2D eigenvalue weighted by Crippen LogP contribution is 2.26. The van der Waals surface area contributed by atoms with Gasteiger partial charge in [-0.2, -0.15) is 5.10 Å². The Labute approximate surface area is 185 Å². The molecular formula is C26H21FN2O3. The van der Waals surface area contributed by atoms with Crippen molar-refractivity contribution in [2.24, 2.45) is 5.10 Å². The maximum Gasteiger partial charge on any atom is 0.275 e. The van der Waals surface area contributed by atoms with Crippen molar-refractivity contribution in [3.8, 4) is 11.5 Å². The van der Waals surface area contributed by atoms with Crippen LogP contribution in [0, 0.1) is 5.82 Å². The third-order valence-electron chi connectivity index (χ3n) is 4.90. The Morgan fingerprint density at radius 2 is 1.72 bits per heavy atom. The summed E-state index contributed by atoms with van der Waals surface area (Å²) in [6.45, 7) is 0.117. The summed E-state index contributed by atoms with van der Waals surface area (Å²) in [5.74, 6) is 0.354. The molecule has 4 aromatic rings. The number of nitrogens with zero attached hydrogens (tertiary/aromatic N) is 1. The molecule has 1 N–H and O–H groups in total. The first-order valence-electron chi connectivity index (χ1n) is 10.0. The third-order valence-corrected chi connectivity index (χ3v) is 4.90. The molecule has 0 aliphatic heterocycles. The van der Waals surface area contributed by atoms with Crippen LogP contribution in [0.1, 0.15) is 21.5 Å². The van der Waals surface area contributed by atoms with Crippen LogP contribution < -0.4 is 14.9 Å². The molecule has 5 nitrogen and oxygen atoms in total. The number of fused-ring (bicyclic) bond motifs is 1. The second-order valence-electron chi connectivity index (χ2n) is 7.05. The summed E-state index contributed by atoms with van der Waals surface area (Å²) >= 11 is 0. The van der Waals surface area contributed by atoms with Gasteiger partial charge in [0.05, 0.1) is 18.9 Å². The minimum absolute atomic E-state index is 0.117. The number of hydrazone groups is 1. The van der Waals surface area contributed by atoms with Crippen molar-refractivity contribution in [3.63, 3.8) is 0 Å². The van der Waals surface area contributed by atoms with Gasteiger partial charge in [-0.25, -0.2) is 9.82 Å². The lowest BCUT2D eigenvalue weighted by Crippen LogP contribution is -2.18. The number of methoxy groups -OCH3 is 1. The molecule has 0 spiro atoms. The van der Waals surface area contributed by atoms with Crippen molar-refractivity contribution in [2.45, 2.75) is 6.61 Å². The molecule has 6 heteroatoms. The summed E-state index contributed by atoms with van der Waals surface area (Å²) in [5.41, 5.74) is 4.12. The van der Waals surface area contributed by atoms with Crippen LogP contribution in [-0.2, 0) is 6.61 Å². The van der Waals surface area contributed by atoms with Gasteiger partial charge in [-0.1, -0.05) is 54.6 Å². The lowest BCUT2D eigenvalue weighted by Gasteiger charge is -2.09. The summed E-state index contributed by atoms with van der Waals surface area (Å²) in [6.07, 6.45) is 1.52. The van der Waals surface area contributed by atoms with E-state index in [2.05, 4.69) is 10.5 Å². The molecule has 0 aliphatic rings.